The molecular weight excluding hydrogens is 399 g/mol. The van der Waals surface area contributed by atoms with Crippen molar-refractivity contribution in [3.63, 3.8) is 0 Å². The fourth-order valence-corrected chi connectivity index (χ4v) is 0.984. The van der Waals surface area contributed by atoms with Crippen LogP contribution >= 0.6 is 0 Å². The smallest absolute Gasteiger partial charge is 0 e. The van der Waals surface area contributed by atoms with Gasteiger partial charge in [-0.25, -0.2) is 25.7 Å². The van der Waals surface area contributed by atoms with Crippen LogP contribution in [0.1, 0.15) is 44.9 Å². The van der Waals surface area contributed by atoms with Gasteiger partial charge < -0.3 is 26.7 Å². The van der Waals surface area contributed by atoms with Gasteiger partial charge in [0.15, 0.2) is 0 Å². The first-order chi connectivity index (χ1) is 5.41. The van der Waals surface area contributed by atoms with Crippen molar-refractivity contribution < 1.29 is 98.1 Å². The summed E-state index contributed by atoms with van der Waals surface area (Å²) >= 11 is 0. The molecule has 0 aliphatic heterocycles. The molecule has 0 spiro atoms. The third-order valence-electron chi connectivity index (χ3n) is 1.63. The van der Waals surface area contributed by atoms with Crippen molar-refractivity contribution in [1.29, 1.82) is 0 Å². The molecule has 0 aliphatic rings. The molecule has 0 amide bonds. The third kappa shape index (κ3) is 24.5. The molecule has 0 rings (SSSR count). The van der Waals surface area contributed by atoms with E-state index in [1.807, 2.05) is 0 Å². The zero-order chi connectivity index (χ0) is 8.36. The van der Waals surface area contributed by atoms with Crippen LogP contribution in [0, 0.1) is 26.7 Å². The van der Waals surface area contributed by atoms with Gasteiger partial charge >= 0.3 is 0 Å². The molecule has 0 heterocycles. The zero-order valence-electron chi connectivity index (χ0n) is 9.25. The van der Waals surface area contributed by atoms with E-state index in [1.165, 1.54) is 32.1 Å². The fourth-order valence-electron chi connectivity index (χ4n) is 0.984. The van der Waals surface area contributed by atoms with E-state index in [2.05, 4.69) is 26.7 Å². The maximum Gasteiger partial charge on any atom is 0 e. The zero-order valence-corrected chi connectivity index (χ0v) is 17.8. The molecule has 0 N–H and O–H groups in total. The standard InChI is InChI=1S/C11H20.3Y/c1-3-5-7-9-11-10-8-6-4-2;;;/h7-8H,1-6,9-11H2;;;/q-4;;;. The molecule has 77 valence electrons. The summed E-state index contributed by atoms with van der Waals surface area (Å²) in [5, 5.41) is 0. The molecule has 0 nitrogen and oxygen atoms in total. The summed E-state index contributed by atoms with van der Waals surface area (Å²) in [6, 6.07) is 0. The minimum absolute atomic E-state index is 0. The monoisotopic (exact) mass is 419 g/mol. The molecule has 3 heteroatoms. The molecule has 0 aromatic heterocycles. The Bertz CT molecular complexity index is 59.6. The van der Waals surface area contributed by atoms with Crippen molar-refractivity contribution in [2.24, 2.45) is 0 Å². The van der Waals surface area contributed by atoms with Crippen LogP contribution in [0.15, 0.2) is 0 Å². The van der Waals surface area contributed by atoms with Gasteiger partial charge in [0.2, 0.25) is 0 Å². The number of unbranched alkanes of at least 4 members (excludes halogenated alkanes) is 8. The van der Waals surface area contributed by atoms with Crippen LogP contribution in [0.3, 0.4) is 0 Å². The molecule has 0 bridgehead atoms. The van der Waals surface area contributed by atoms with Crippen molar-refractivity contribution in [3.8, 4) is 0 Å². The summed E-state index contributed by atoms with van der Waals surface area (Å²) in [5.74, 6) is 0. The Morgan fingerprint density at radius 3 is 1.29 bits per heavy atom. The van der Waals surface area contributed by atoms with Crippen LogP contribution in [0.25, 0.3) is 0 Å². The minimum atomic E-state index is 0. The molecule has 0 saturated heterocycles. The number of hydrogen-bond donors (Lipinski definition) is 0. The molecule has 0 saturated carbocycles. The SMILES string of the molecule is [CH2-]CC[CH-]CCC[CH-]CC[CH2-].[Y].[Y].[Y]. The average molecular weight is 419 g/mol. The maximum absolute atomic E-state index is 3.79. The first kappa shape index (κ1) is 26.0. The van der Waals surface area contributed by atoms with Gasteiger partial charge in [-0.3, -0.25) is 0 Å². The normalized spacial score (nSPS) is 8.14. The van der Waals surface area contributed by atoms with E-state index >= 15 is 0 Å². The van der Waals surface area contributed by atoms with E-state index in [-0.39, 0.29) is 98.1 Å². The van der Waals surface area contributed by atoms with E-state index in [4.69, 9.17) is 0 Å². The number of rotatable bonds is 8. The van der Waals surface area contributed by atoms with Gasteiger partial charge in [-0.2, -0.15) is 12.8 Å². The molecule has 0 fully saturated rings. The molecule has 0 unspecified atom stereocenters. The third-order valence-corrected chi connectivity index (χ3v) is 1.63. The van der Waals surface area contributed by atoms with E-state index in [1.54, 1.807) is 0 Å². The Hall–Kier alpha value is 3.31. The molecule has 0 aliphatic carbocycles. The predicted molar refractivity (Wildman–Crippen MR) is 51.6 cm³/mol. The summed E-state index contributed by atoms with van der Waals surface area (Å²) in [6.07, 6.45) is 12.9. The Balaban J connectivity index is -0.000000167. The summed E-state index contributed by atoms with van der Waals surface area (Å²) < 4.78 is 0. The fraction of sp³-hybridized carbons (Fsp3) is 0.636. The van der Waals surface area contributed by atoms with Gasteiger partial charge in [0.25, 0.3) is 0 Å². The Kier molecular flexibility index (Phi) is 46.8. The van der Waals surface area contributed by atoms with Crippen LogP contribution < -0.4 is 0 Å². The molecule has 14 heavy (non-hydrogen) atoms. The van der Waals surface area contributed by atoms with E-state index in [9.17, 15) is 0 Å². The Morgan fingerprint density at radius 1 is 0.643 bits per heavy atom. The quantitative estimate of drug-likeness (QED) is 0.415. The predicted octanol–water partition coefficient (Wildman–Crippen LogP) is 3.79. The van der Waals surface area contributed by atoms with Gasteiger partial charge in [-0.05, 0) is 0 Å². The van der Waals surface area contributed by atoms with Crippen LogP contribution in [0.4, 0.5) is 0 Å². The van der Waals surface area contributed by atoms with Gasteiger partial charge in [0.05, 0.1) is 0 Å². The summed E-state index contributed by atoms with van der Waals surface area (Å²) in [4.78, 5) is 0. The first-order valence-corrected chi connectivity index (χ1v) is 4.63. The second kappa shape index (κ2) is 25.2. The Morgan fingerprint density at radius 2 is 1.00 bits per heavy atom. The average Bonchev–Trinajstić information content (AvgIpc) is 2.03. The largest absolute Gasteiger partial charge is 0.346 e. The molecule has 3 radical (unpaired) electrons. The second-order valence-electron chi connectivity index (χ2n) is 2.79. The summed E-state index contributed by atoms with van der Waals surface area (Å²) in [7, 11) is 0. The van der Waals surface area contributed by atoms with Crippen LogP contribution in [-0.4, -0.2) is 0 Å². The van der Waals surface area contributed by atoms with Gasteiger partial charge in [0, 0.05) is 98.1 Å². The van der Waals surface area contributed by atoms with Gasteiger partial charge in [-0.15, -0.1) is 6.42 Å². The van der Waals surface area contributed by atoms with Crippen molar-refractivity contribution in [2.75, 3.05) is 0 Å². The van der Waals surface area contributed by atoms with Gasteiger partial charge in [-0.1, -0.05) is 0 Å². The number of hydrogen-bond acceptors (Lipinski definition) is 0. The van der Waals surface area contributed by atoms with E-state index in [0.29, 0.717) is 0 Å². The summed E-state index contributed by atoms with van der Waals surface area (Å²) in [5.41, 5.74) is 0. The van der Waals surface area contributed by atoms with Crippen molar-refractivity contribution >= 4 is 0 Å². The van der Waals surface area contributed by atoms with Crippen molar-refractivity contribution in [2.45, 2.75) is 44.9 Å². The van der Waals surface area contributed by atoms with Gasteiger partial charge in [0.1, 0.15) is 0 Å². The van der Waals surface area contributed by atoms with Crippen molar-refractivity contribution in [3.05, 3.63) is 26.7 Å². The van der Waals surface area contributed by atoms with Crippen LogP contribution in [0.5, 0.6) is 0 Å². The molecular formula is C11H20Y3-4. The Labute approximate surface area is 167 Å². The van der Waals surface area contributed by atoms with E-state index < -0.39 is 0 Å². The van der Waals surface area contributed by atoms with Crippen LogP contribution in [-0.2, 0) is 98.1 Å². The summed E-state index contributed by atoms with van der Waals surface area (Å²) in [6.45, 7) is 7.57. The minimum Gasteiger partial charge on any atom is -0.346 e. The van der Waals surface area contributed by atoms with Crippen molar-refractivity contribution in [1.82, 2.24) is 0 Å². The molecule has 0 atom stereocenters. The second-order valence-corrected chi connectivity index (χ2v) is 2.79. The molecule has 0 aromatic rings. The molecule has 0 aromatic carbocycles. The maximum atomic E-state index is 3.79. The first-order valence-electron chi connectivity index (χ1n) is 4.63. The van der Waals surface area contributed by atoms with Crippen LogP contribution in [0.2, 0.25) is 0 Å². The topological polar surface area (TPSA) is 0 Å². The van der Waals surface area contributed by atoms with E-state index in [0.717, 1.165) is 12.8 Å².